The maximum absolute atomic E-state index is 14.7. The minimum Gasteiger partial charge on any atom is -0.341 e. The molecule has 1 saturated carbocycles. The molecule has 52 heavy (non-hydrogen) atoms. The minimum absolute atomic E-state index is 0.00592. The number of rotatable bonds is 5. The standard InChI is InChI=1S/C38H55F3N6O4S/c1-27-15-21-45(22-16-27)35(48)33-32-25-31(28-17-23-46(24-18-28)52(50,51)30-13-11-29(12-14-30)43-36(49)42-2)37(26-47(32)44-34(33)38(39,40)41)19-9-7-5-3-4-6-8-10-20-37/h11-14,27-28,31H,3-10,15-26H2,1-2H3,(H2,42,43,49). The van der Waals surface area contributed by atoms with E-state index in [9.17, 15) is 31.2 Å². The summed E-state index contributed by atoms with van der Waals surface area (Å²) in [6.07, 6.45) is 8.94. The molecular weight excluding hydrogens is 694 g/mol. The first-order chi connectivity index (χ1) is 24.8. The van der Waals surface area contributed by atoms with Crippen LogP contribution in [0.3, 0.4) is 0 Å². The molecule has 10 nitrogen and oxygen atoms in total. The first-order valence-corrected chi connectivity index (χ1v) is 20.8. The molecule has 6 rings (SSSR count). The summed E-state index contributed by atoms with van der Waals surface area (Å²) in [5.74, 6) is -0.0396. The number of aromatic nitrogens is 2. The van der Waals surface area contributed by atoms with E-state index in [2.05, 4.69) is 22.7 Å². The first-order valence-electron chi connectivity index (χ1n) is 19.4. The van der Waals surface area contributed by atoms with Gasteiger partial charge in [0.05, 0.1) is 16.2 Å². The highest BCUT2D eigenvalue weighted by Gasteiger charge is 2.51. The highest BCUT2D eigenvalue weighted by Crippen LogP contribution is 2.52. The van der Waals surface area contributed by atoms with E-state index in [1.807, 2.05) is 0 Å². The quantitative estimate of drug-likeness (QED) is 0.325. The van der Waals surface area contributed by atoms with E-state index < -0.39 is 33.8 Å². The summed E-state index contributed by atoms with van der Waals surface area (Å²) < 4.78 is 74.8. The summed E-state index contributed by atoms with van der Waals surface area (Å²) in [4.78, 5) is 27.5. The van der Waals surface area contributed by atoms with Crippen LogP contribution in [0.5, 0.6) is 0 Å². The molecule has 2 N–H and O–H groups in total. The molecule has 1 spiro atoms. The van der Waals surface area contributed by atoms with Crippen LogP contribution >= 0.6 is 0 Å². The number of nitrogens with one attached hydrogen (secondary N) is 2. The van der Waals surface area contributed by atoms with Crippen molar-refractivity contribution in [2.24, 2.45) is 23.2 Å². The molecule has 14 heteroatoms. The number of carbonyl (C=O) groups is 2. The summed E-state index contributed by atoms with van der Waals surface area (Å²) in [6.45, 7) is 3.96. The molecular formula is C38H55F3N6O4S. The Balaban J connectivity index is 1.30. The maximum Gasteiger partial charge on any atom is 0.435 e. The molecule has 1 aromatic heterocycles. The van der Waals surface area contributed by atoms with Crippen LogP contribution in [0.25, 0.3) is 0 Å². The van der Waals surface area contributed by atoms with Crippen molar-refractivity contribution in [1.82, 2.24) is 24.3 Å². The van der Waals surface area contributed by atoms with Gasteiger partial charge in [-0.3, -0.25) is 9.48 Å². The smallest absolute Gasteiger partial charge is 0.341 e. The Morgan fingerprint density at radius 1 is 0.865 bits per heavy atom. The fourth-order valence-corrected chi connectivity index (χ4v) is 10.8. The molecule has 2 aromatic rings. The highest BCUT2D eigenvalue weighted by atomic mass is 32.2. The molecule has 2 saturated heterocycles. The Bertz CT molecular complexity index is 1650. The van der Waals surface area contributed by atoms with Gasteiger partial charge in [0.15, 0.2) is 5.69 Å². The van der Waals surface area contributed by atoms with Crippen LogP contribution in [0, 0.1) is 23.2 Å². The van der Waals surface area contributed by atoms with E-state index in [4.69, 9.17) is 0 Å². The van der Waals surface area contributed by atoms with Gasteiger partial charge in [-0.1, -0.05) is 58.3 Å². The third-order valence-corrected chi connectivity index (χ3v) is 14.3. The summed E-state index contributed by atoms with van der Waals surface area (Å²) >= 11 is 0. The number of urea groups is 1. The van der Waals surface area contributed by atoms with E-state index in [1.165, 1.54) is 36.3 Å². The van der Waals surface area contributed by atoms with Crippen molar-refractivity contribution in [3.8, 4) is 0 Å². The first kappa shape index (κ1) is 38.6. The van der Waals surface area contributed by atoms with Crippen LogP contribution in [-0.4, -0.2) is 72.6 Å². The second-order valence-corrected chi connectivity index (χ2v) is 17.7. The number of piperidine rings is 2. The second-order valence-electron chi connectivity index (χ2n) is 15.8. The Morgan fingerprint density at radius 2 is 1.44 bits per heavy atom. The van der Waals surface area contributed by atoms with Crippen LogP contribution in [-0.2, 0) is 29.2 Å². The highest BCUT2D eigenvalue weighted by molar-refractivity contribution is 7.89. The van der Waals surface area contributed by atoms with Gasteiger partial charge in [-0.05, 0) is 92.4 Å². The molecule has 1 unspecified atom stereocenters. The van der Waals surface area contributed by atoms with E-state index in [1.54, 1.807) is 21.7 Å². The van der Waals surface area contributed by atoms with Gasteiger partial charge in [-0.2, -0.15) is 22.6 Å². The molecule has 3 aliphatic heterocycles. The lowest BCUT2D eigenvalue weighted by Crippen LogP contribution is -2.49. The maximum atomic E-state index is 14.7. The van der Waals surface area contributed by atoms with Gasteiger partial charge >= 0.3 is 12.2 Å². The van der Waals surface area contributed by atoms with E-state index in [-0.39, 0.29) is 27.7 Å². The molecule has 1 aromatic carbocycles. The molecule has 288 valence electrons. The predicted molar refractivity (Wildman–Crippen MR) is 193 cm³/mol. The minimum atomic E-state index is -4.76. The Labute approximate surface area is 306 Å². The molecule has 3 amide bonds. The van der Waals surface area contributed by atoms with Gasteiger partial charge in [0, 0.05) is 45.5 Å². The molecule has 3 fully saturated rings. The van der Waals surface area contributed by atoms with Crippen LogP contribution in [0.4, 0.5) is 23.7 Å². The number of sulfonamides is 1. The topological polar surface area (TPSA) is 117 Å². The van der Waals surface area contributed by atoms with Gasteiger partial charge in [0.25, 0.3) is 5.91 Å². The summed E-state index contributed by atoms with van der Waals surface area (Å²) in [5.41, 5.74) is -0.737. The number of halogens is 3. The number of nitrogens with zero attached hydrogens (tertiary/aromatic N) is 4. The number of alkyl halides is 3. The van der Waals surface area contributed by atoms with Crippen LogP contribution in [0.15, 0.2) is 29.2 Å². The number of anilines is 1. The normalized spacial score (nSPS) is 23.1. The molecule has 1 atom stereocenters. The zero-order chi connectivity index (χ0) is 37.1. The van der Waals surface area contributed by atoms with E-state index in [0.29, 0.717) is 69.3 Å². The molecule has 4 heterocycles. The second kappa shape index (κ2) is 16.1. The van der Waals surface area contributed by atoms with Gasteiger partial charge in [0.2, 0.25) is 10.0 Å². The van der Waals surface area contributed by atoms with E-state index in [0.717, 1.165) is 64.2 Å². The van der Waals surface area contributed by atoms with Crippen molar-refractivity contribution in [1.29, 1.82) is 0 Å². The lowest BCUT2D eigenvalue weighted by atomic mass is 9.59. The summed E-state index contributed by atoms with van der Waals surface area (Å²) in [6, 6.07) is 5.70. The lowest BCUT2D eigenvalue weighted by Gasteiger charge is -2.50. The predicted octanol–water partition coefficient (Wildman–Crippen LogP) is 7.70. The average Bonchev–Trinajstić information content (AvgIpc) is 3.48. The Kier molecular flexibility index (Phi) is 11.9. The molecule has 0 bridgehead atoms. The largest absolute Gasteiger partial charge is 0.435 e. The van der Waals surface area contributed by atoms with Crippen molar-refractivity contribution >= 4 is 27.6 Å². The molecule has 0 radical (unpaired) electrons. The number of carbonyl (C=O) groups excluding carboxylic acids is 2. The molecule has 1 aliphatic carbocycles. The fourth-order valence-electron chi connectivity index (χ4n) is 9.38. The summed E-state index contributed by atoms with van der Waals surface area (Å²) in [7, 11) is -2.31. The van der Waals surface area contributed by atoms with Gasteiger partial charge in [-0.25, -0.2) is 13.2 Å². The van der Waals surface area contributed by atoms with Crippen LogP contribution < -0.4 is 10.6 Å². The summed E-state index contributed by atoms with van der Waals surface area (Å²) in [5, 5.41) is 9.33. The van der Waals surface area contributed by atoms with Crippen LogP contribution in [0.2, 0.25) is 0 Å². The molecule has 4 aliphatic rings. The fraction of sp³-hybridized carbons (Fsp3) is 0.711. The van der Waals surface area contributed by atoms with Crippen molar-refractivity contribution < 1.29 is 31.2 Å². The third kappa shape index (κ3) is 8.32. The van der Waals surface area contributed by atoms with Crippen molar-refractivity contribution in [3.05, 3.63) is 41.2 Å². The van der Waals surface area contributed by atoms with Gasteiger partial charge < -0.3 is 15.5 Å². The van der Waals surface area contributed by atoms with Crippen molar-refractivity contribution in [2.45, 2.75) is 121 Å². The SMILES string of the molecule is CNC(=O)Nc1ccc(S(=O)(=O)N2CCC(C3Cc4c(C(=O)N5CCC(C)CC5)c(C(F)(F)F)nn4CC34CCCCCCCCCC4)CC2)cc1. The number of hydrogen-bond acceptors (Lipinski definition) is 5. The van der Waals surface area contributed by atoms with Crippen LogP contribution in [0.1, 0.15) is 119 Å². The Morgan fingerprint density at radius 3 is 2.00 bits per heavy atom. The third-order valence-electron chi connectivity index (χ3n) is 12.4. The van der Waals surface area contributed by atoms with Gasteiger partial charge in [0.1, 0.15) is 0 Å². The number of amides is 3. The number of benzene rings is 1. The van der Waals surface area contributed by atoms with Crippen molar-refractivity contribution in [2.75, 3.05) is 38.5 Å². The Hall–Kier alpha value is -3.13. The zero-order valence-electron chi connectivity index (χ0n) is 30.6. The average molecular weight is 749 g/mol. The lowest BCUT2D eigenvalue weighted by molar-refractivity contribution is -0.142. The van der Waals surface area contributed by atoms with E-state index >= 15 is 0 Å². The number of likely N-dealkylation sites (tertiary alicyclic amines) is 1. The van der Waals surface area contributed by atoms with Gasteiger partial charge in [-0.15, -0.1) is 0 Å². The number of fused-ring (bicyclic) bond motifs is 1. The number of hydrogen-bond donors (Lipinski definition) is 2. The monoisotopic (exact) mass is 748 g/mol. The van der Waals surface area contributed by atoms with Crippen molar-refractivity contribution in [3.63, 3.8) is 0 Å². The zero-order valence-corrected chi connectivity index (χ0v) is 31.5.